The average Bonchev–Trinajstić information content (AvgIpc) is 3.20. The van der Waals surface area contributed by atoms with Crippen molar-refractivity contribution >= 4 is 28.0 Å². The Hall–Kier alpha value is -3.16. The highest BCUT2D eigenvalue weighted by Gasteiger charge is 2.41. The Bertz CT molecular complexity index is 1200. The summed E-state index contributed by atoms with van der Waals surface area (Å²) in [6.45, 7) is 0.573. The topological polar surface area (TPSA) is 76.1 Å². The minimum absolute atomic E-state index is 0.0179. The minimum atomic E-state index is -1.04. The van der Waals surface area contributed by atoms with Gasteiger partial charge >= 0.3 is 12.1 Å². The fraction of sp³-hybridized carbons (Fsp3) is 0.286. The molecule has 7 heteroatoms. The summed E-state index contributed by atoms with van der Waals surface area (Å²) in [6.07, 6.45) is 0.890. The summed E-state index contributed by atoms with van der Waals surface area (Å²) in [4.78, 5) is 26.2. The Balaban J connectivity index is 1.33. The van der Waals surface area contributed by atoms with Gasteiger partial charge in [0.2, 0.25) is 0 Å². The summed E-state index contributed by atoms with van der Waals surface area (Å²) in [5, 5.41) is 9.25. The second kappa shape index (κ2) is 9.84. The first-order chi connectivity index (χ1) is 17.0. The molecule has 0 saturated carbocycles. The zero-order chi connectivity index (χ0) is 24.4. The molecule has 0 bridgehead atoms. The highest BCUT2D eigenvalue weighted by atomic mass is 79.9. The first-order valence-electron chi connectivity index (χ1n) is 11.7. The van der Waals surface area contributed by atoms with Crippen LogP contribution in [0.5, 0.6) is 0 Å². The van der Waals surface area contributed by atoms with Gasteiger partial charge in [0.25, 0.3) is 0 Å². The van der Waals surface area contributed by atoms with Crippen molar-refractivity contribution in [1.82, 2.24) is 4.90 Å². The summed E-state index contributed by atoms with van der Waals surface area (Å²) in [6, 6.07) is 24.1. The maximum absolute atomic E-state index is 13.2. The molecule has 1 aliphatic heterocycles. The van der Waals surface area contributed by atoms with Gasteiger partial charge in [0.15, 0.2) is 0 Å². The molecule has 180 valence electrons. The third-order valence-corrected chi connectivity index (χ3v) is 7.42. The molecule has 1 N–H and O–H groups in total. The average molecular weight is 536 g/mol. The summed E-state index contributed by atoms with van der Waals surface area (Å²) in [7, 11) is 0. The highest BCUT2D eigenvalue weighted by molar-refractivity contribution is 9.10. The van der Waals surface area contributed by atoms with Crippen LogP contribution in [-0.4, -0.2) is 48.4 Å². The van der Waals surface area contributed by atoms with Crippen LogP contribution in [0.3, 0.4) is 0 Å². The maximum Gasteiger partial charge on any atom is 0.409 e. The quantitative estimate of drug-likeness (QED) is 0.432. The number of nitrogens with zero attached hydrogens (tertiary/aromatic N) is 1. The van der Waals surface area contributed by atoms with Crippen molar-refractivity contribution in [2.24, 2.45) is 0 Å². The molecule has 1 aliphatic carbocycles. The fourth-order valence-electron chi connectivity index (χ4n) is 5.25. The molecule has 1 saturated heterocycles. The van der Waals surface area contributed by atoms with E-state index in [9.17, 15) is 14.7 Å². The van der Waals surface area contributed by atoms with Gasteiger partial charge in [-0.1, -0.05) is 76.6 Å². The van der Waals surface area contributed by atoms with E-state index < -0.39 is 24.3 Å². The molecule has 3 aromatic rings. The van der Waals surface area contributed by atoms with Crippen LogP contribution in [0, 0.1) is 0 Å². The van der Waals surface area contributed by atoms with Gasteiger partial charge in [-0.2, -0.15) is 0 Å². The van der Waals surface area contributed by atoms with E-state index in [1.54, 1.807) is 4.90 Å². The van der Waals surface area contributed by atoms with E-state index in [0.717, 1.165) is 21.2 Å². The summed E-state index contributed by atoms with van der Waals surface area (Å²) >= 11 is 3.44. The lowest BCUT2D eigenvalue weighted by atomic mass is 9.85. The summed E-state index contributed by atoms with van der Waals surface area (Å²) in [5.41, 5.74) is 4.63. The molecule has 2 aliphatic rings. The standard InChI is InChI=1S/C28H26BrNO5/c29-20-12-10-19(11-13-20)28(35-17-26(31)32)14-5-15-30(18-28)27(33)34-16-25-23-8-3-1-6-21(23)22-7-2-4-9-24(22)25/h1-4,6-13,25H,5,14-18H2,(H,31,32). The van der Waals surface area contributed by atoms with Crippen LogP contribution >= 0.6 is 15.9 Å². The van der Waals surface area contributed by atoms with E-state index >= 15 is 0 Å². The first-order valence-corrected chi connectivity index (χ1v) is 12.5. The van der Waals surface area contributed by atoms with Crippen LogP contribution in [-0.2, 0) is 19.9 Å². The largest absolute Gasteiger partial charge is 0.480 e. The number of carboxylic acids is 1. The Labute approximate surface area is 212 Å². The van der Waals surface area contributed by atoms with E-state index in [1.807, 2.05) is 48.5 Å². The number of likely N-dealkylation sites (tertiary alicyclic amines) is 1. The lowest BCUT2D eigenvalue weighted by molar-refractivity contribution is -0.155. The Kier molecular flexibility index (Phi) is 6.62. The third-order valence-electron chi connectivity index (χ3n) is 6.89. The van der Waals surface area contributed by atoms with Crippen molar-refractivity contribution in [2.75, 3.05) is 26.3 Å². The smallest absolute Gasteiger partial charge is 0.409 e. The van der Waals surface area contributed by atoms with Gasteiger partial charge in [-0.25, -0.2) is 9.59 Å². The summed E-state index contributed by atoms with van der Waals surface area (Å²) in [5.74, 6) is -1.06. The number of fused-ring (bicyclic) bond motifs is 3. The number of piperidine rings is 1. The third kappa shape index (κ3) is 4.70. The monoisotopic (exact) mass is 535 g/mol. The Morgan fingerprint density at radius 2 is 1.60 bits per heavy atom. The predicted molar refractivity (Wildman–Crippen MR) is 135 cm³/mol. The number of hydrogen-bond donors (Lipinski definition) is 1. The molecule has 0 radical (unpaired) electrons. The van der Waals surface area contributed by atoms with Crippen molar-refractivity contribution in [2.45, 2.75) is 24.4 Å². The number of rotatable bonds is 6. The zero-order valence-corrected chi connectivity index (χ0v) is 20.7. The van der Waals surface area contributed by atoms with Gasteiger partial charge in [-0.05, 0) is 52.8 Å². The molecule has 3 aromatic carbocycles. The molecule has 0 aromatic heterocycles. The molecular formula is C28H26BrNO5. The lowest BCUT2D eigenvalue weighted by Gasteiger charge is -2.42. The van der Waals surface area contributed by atoms with Crippen molar-refractivity contribution < 1.29 is 24.2 Å². The van der Waals surface area contributed by atoms with E-state index in [2.05, 4.69) is 40.2 Å². The molecule has 1 fully saturated rings. The van der Waals surface area contributed by atoms with E-state index in [1.165, 1.54) is 11.1 Å². The number of ether oxygens (including phenoxy) is 2. The molecule has 1 atom stereocenters. The van der Waals surface area contributed by atoms with Gasteiger partial charge in [0.05, 0.1) is 6.54 Å². The normalized spacial score (nSPS) is 19.2. The Morgan fingerprint density at radius 1 is 0.971 bits per heavy atom. The van der Waals surface area contributed by atoms with E-state index in [4.69, 9.17) is 9.47 Å². The molecule has 6 nitrogen and oxygen atoms in total. The maximum atomic E-state index is 13.2. The molecule has 1 amide bonds. The molecule has 1 heterocycles. The van der Waals surface area contributed by atoms with Crippen LogP contribution in [0.2, 0.25) is 0 Å². The van der Waals surface area contributed by atoms with Gasteiger partial charge in [-0.15, -0.1) is 0 Å². The molecule has 1 unspecified atom stereocenters. The van der Waals surface area contributed by atoms with Gasteiger partial charge in [-0.3, -0.25) is 0 Å². The number of carbonyl (C=O) groups is 2. The van der Waals surface area contributed by atoms with Crippen LogP contribution in [0.4, 0.5) is 4.79 Å². The van der Waals surface area contributed by atoms with Gasteiger partial charge in [0, 0.05) is 16.9 Å². The number of carbonyl (C=O) groups excluding carboxylic acids is 1. The van der Waals surface area contributed by atoms with Crippen molar-refractivity contribution in [1.29, 1.82) is 0 Å². The molecule has 5 rings (SSSR count). The van der Waals surface area contributed by atoms with Crippen LogP contribution in [0.1, 0.15) is 35.4 Å². The van der Waals surface area contributed by atoms with Crippen LogP contribution in [0.15, 0.2) is 77.3 Å². The van der Waals surface area contributed by atoms with Crippen LogP contribution < -0.4 is 0 Å². The van der Waals surface area contributed by atoms with Crippen molar-refractivity contribution in [3.63, 3.8) is 0 Å². The van der Waals surface area contributed by atoms with E-state index in [-0.39, 0.29) is 19.1 Å². The number of amides is 1. The fourth-order valence-corrected chi connectivity index (χ4v) is 5.52. The second-order valence-corrected chi connectivity index (χ2v) is 9.93. The number of benzene rings is 3. The zero-order valence-electron chi connectivity index (χ0n) is 19.2. The highest BCUT2D eigenvalue weighted by Crippen LogP contribution is 2.44. The van der Waals surface area contributed by atoms with Gasteiger partial charge < -0.3 is 19.5 Å². The molecular weight excluding hydrogens is 510 g/mol. The first kappa shape index (κ1) is 23.6. The second-order valence-electron chi connectivity index (χ2n) is 9.01. The van der Waals surface area contributed by atoms with E-state index in [0.29, 0.717) is 19.4 Å². The summed E-state index contributed by atoms with van der Waals surface area (Å²) < 4.78 is 12.7. The minimum Gasteiger partial charge on any atom is -0.480 e. The molecule has 0 spiro atoms. The van der Waals surface area contributed by atoms with Gasteiger partial charge in [0.1, 0.15) is 18.8 Å². The Morgan fingerprint density at radius 3 is 2.23 bits per heavy atom. The van der Waals surface area contributed by atoms with Crippen molar-refractivity contribution in [3.8, 4) is 11.1 Å². The number of carboxylic acid groups (broad SMARTS) is 1. The number of halogens is 1. The predicted octanol–water partition coefficient (Wildman–Crippen LogP) is 5.79. The lowest BCUT2D eigenvalue weighted by Crippen LogP contribution is -2.50. The number of hydrogen-bond acceptors (Lipinski definition) is 4. The SMILES string of the molecule is O=C(O)COC1(c2ccc(Br)cc2)CCCN(C(=O)OCC2c3ccccc3-c3ccccc32)C1. The number of aliphatic carboxylic acids is 1. The van der Waals surface area contributed by atoms with Crippen molar-refractivity contribution in [3.05, 3.63) is 94.0 Å². The molecule has 35 heavy (non-hydrogen) atoms. The van der Waals surface area contributed by atoms with Crippen LogP contribution in [0.25, 0.3) is 11.1 Å².